The normalized spacial score (nSPS) is 16.9. The lowest BCUT2D eigenvalue weighted by Crippen LogP contribution is -2.10. The van der Waals surface area contributed by atoms with E-state index in [1.54, 1.807) is 6.92 Å². The number of aryl methyl sites for hydroxylation is 1. The van der Waals surface area contributed by atoms with Crippen LogP contribution in [0.25, 0.3) is 5.57 Å². The van der Waals surface area contributed by atoms with Crippen LogP contribution in [-0.4, -0.2) is 10.7 Å². The highest BCUT2D eigenvalue weighted by molar-refractivity contribution is 6.05. The molecule has 2 heterocycles. The Bertz CT molecular complexity index is 990. The van der Waals surface area contributed by atoms with Gasteiger partial charge in [0.05, 0.1) is 11.4 Å². The van der Waals surface area contributed by atoms with Gasteiger partial charge in [0.25, 0.3) is 0 Å². The van der Waals surface area contributed by atoms with Gasteiger partial charge in [-0.05, 0) is 62.3 Å². The lowest BCUT2D eigenvalue weighted by molar-refractivity contribution is 0.590. The second kappa shape index (κ2) is 6.63. The zero-order valence-electron chi connectivity index (χ0n) is 17.6. The molecule has 0 fully saturated rings. The van der Waals surface area contributed by atoms with Gasteiger partial charge in [0.2, 0.25) is 0 Å². The summed E-state index contributed by atoms with van der Waals surface area (Å²) in [4.78, 5) is 8.09. The molecular weight excluding hydrogens is 335 g/mol. The average molecular weight is 365 g/mol. The molecule has 2 nitrogen and oxygen atoms in total. The maximum absolute atomic E-state index is 14.5. The minimum Gasteiger partial charge on any atom is -0.356 e. The molecule has 0 aliphatic carbocycles. The third-order valence-corrected chi connectivity index (χ3v) is 5.61. The standard InChI is InChI=1S/C24H29FN2/c1-13-14(2)22(26-16(13)4)20(23-15(3)21(25)17(5)27-23)18-9-11-19(12-10-18)24(6,7)8/h9-12,27H,1-8H3. The van der Waals surface area contributed by atoms with Crippen molar-refractivity contribution < 1.29 is 4.39 Å². The van der Waals surface area contributed by atoms with Gasteiger partial charge in [-0.3, -0.25) is 4.99 Å². The lowest BCUT2D eigenvalue weighted by Gasteiger charge is -2.20. The molecule has 0 bridgehead atoms. The molecule has 27 heavy (non-hydrogen) atoms. The van der Waals surface area contributed by atoms with Crippen LogP contribution in [0, 0.1) is 19.7 Å². The molecule has 1 aliphatic heterocycles. The summed E-state index contributed by atoms with van der Waals surface area (Å²) >= 11 is 0. The van der Waals surface area contributed by atoms with Crippen molar-refractivity contribution in [3.05, 3.63) is 75.0 Å². The number of hydrogen-bond acceptors (Lipinski definition) is 1. The SMILES string of the molecule is CC1=NC(=C(c2ccc(C(C)(C)C)cc2)c2[nH]c(C)c(F)c2C)C(C)=C1C. The van der Waals surface area contributed by atoms with E-state index in [1.807, 2.05) is 13.8 Å². The van der Waals surface area contributed by atoms with Crippen LogP contribution in [0.2, 0.25) is 0 Å². The van der Waals surface area contributed by atoms with Gasteiger partial charge in [-0.2, -0.15) is 0 Å². The maximum Gasteiger partial charge on any atom is 0.147 e. The van der Waals surface area contributed by atoms with Crippen molar-refractivity contribution in [1.82, 2.24) is 4.98 Å². The Labute approximate surface area is 161 Å². The minimum atomic E-state index is -0.175. The molecule has 0 unspecified atom stereocenters. The van der Waals surface area contributed by atoms with Crippen LogP contribution in [0.15, 0.2) is 46.1 Å². The molecule has 0 spiro atoms. The third kappa shape index (κ3) is 3.31. The molecule has 2 aromatic rings. The number of aromatic amines is 1. The van der Waals surface area contributed by atoms with Crippen molar-refractivity contribution in [1.29, 1.82) is 0 Å². The fourth-order valence-corrected chi connectivity index (χ4v) is 3.54. The smallest absolute Gasteiger partial charge is 0.147 e. The summed E-state index contributed by atoms with van der Waals surface area (Å²) in [5.74, 6) is -0.175. The van der Waals surface area contributed by atoms with Gasteiger partial charge < -0.3 is 4.98 Å². The van der Waals surface area contributed by atoms with E-state index in [-0.39, 0.29) is 11.2 Å². The summed E-state index contributed by atoms with van der Waals surface area (Å²) in [5.41, 5.74) is 9.68. The first-order chi connectivity index (χ1) is 12.5. The fourth-order valence-electron chi connectivity index (χ4n) is 3.54. The quantitative estimate of drug-likeness (QED) is 0.619. The predicted octanol–water partition coefficient (Wildman–Crippen LogP) is 6.64. The second-order valence-corrected chi connectivity index (χ2v) is 8.56. The van der Waals surface area contributed by atoms with E-state index in [1.165, 1.54) is 11.1 Å². The third-order valence-electron chi connectivity index (χ3n) is 5.61. The number of benzene rings is 1. The molecular formula is C24H29FN2. The van der Waals surface area contributed by atoms with Gasteiger partial charge in [0.15, 0.2) is 0 Å². The van der Waals surface area contributed by atoms with E-state index in [0.29, 0.717) is 11.3 Å². The zero-order chi connectivity index (χ0) is 20.1. The molecule has 0 atom stereocenters. The monoisotopic (exact) mass is 364 g/mol. The summed E-state index contributed by atoms with van der Waals surface area (Å²) in [6.07, 6.45) is 0. The van der Waals surface area contributed by atoms with E-state index < -0.39 is 0 Å². The van der Waals surface area contributed by atoms with Crippen molar-refractivity contribution in [2.24, 2.45) is 4.99 Å². The Morgan fingerprint density at radius 1 is 0.926 bits per heavy atom. The Hall–Kier alpha value is -2.42. The topological polar surface area (TPSA) is 28.1 Å². The van der Waals surface area contributed by atoms with Gasteiger partial charge in [0.1, 0.15) is 5.82 Å². The Kier molecular flexibility index (Phi) is 4.75. The van der Waals surface area contributed by atoms with Crippen LogP contribution < -0.4 is 0 Å². The van der Waals surface area contributed by atoms with Crippen LogP contribution in [0.3, 0.4) is 0 Å². The number of rotatable bonds is 2. The molecule has 1 N–H and O–H groups in total. The number of hydrogen-bond donors (Lipinski definition) is 1. The molecule has 1 aromatic heterocycles. The number of aromatic nitrogens is 1. The molecule has 1 aliphatic rings. The van der Waals surface area contributed by atoms with E-state index in [2.05, 4.69) is 63.9 Å². The van der Waals surface area contributed by atoms with Gasteiger partial charge >= 0.3 is 0 Å². The van der Waals surface area contributed by atoms with Gasteiger partial charge in [-0.1, -0.05) is 45.0 Å². The van der Waals surface area contributed by atoms with Crippen molar-refractivity contribution >= 4 is 11.3 Å². The molecule has 3 rings (SSSR count). The minimum absolute atomic E-state index is 0.0887. The first-order valence-corrected chi connectivity index (χ1v) is 9.46. The van der Waals surface area contributed by atoms with Crippen molar-refractivity contribution in [2.45, 2.75) is 60.8 Å². The highest BCUT2D eigenvalue weighted by Crippen LogP contribution is 2.38. The molecule has 142 valence electrons. The first-order valence-electron chi connectivity index (χ1n) is 9.46. The first kappa shape index (κ1) is 19.3. The summed E-state index contributed by atoms with van der Waals surface area (Å²) in [7, 11) is 0. The Balaban J connectivity index is 2.29. The highest BCUT2D eigenvalue weighted by atomic mass is 19.1. The molecule has 0 saturated heterocycles. The summed E-state index contributed by atoms with van der Waals surface area (Å²) in [6, 6.07) is 8.58. The Morgan fingerprint density at radius 2 is 1.52 bits per heavy atom. The lowest BCUT2D eigenvalue weighted by atomic mass is 9.85. The van der Waals surface area contributed by atoms with Crippen molar-refractivity contribution in [2.75, 3.05) is 0 Å². The van der Waals surface area contributed by atoms with Gasteiger partial charge in [0, 0.05) is 22.5 Å². The van der Waals surface area contributed by atoms with E-state index in [0.717, 1.165) is 33.8 Å². The van der Waals surface area contributed by atoms with Gasteiger partial charge in [-0.15, -0.1) is 0 Å². The molecule has 0 radical (unpaired) electrons. The second-order valence-electron chi connectivity index (χ2n) is 8.56. The van der Waals surface area contributed by atoms with Crippen LogP contribution in [0.5, 0.6) is 0 Å². The zero-order valence-corrected chi connectivity index (χ0v) is 17.6. The number of halogens is 1. The van der Waals surface area contributed by atoms with Crippen LogP contribution in [0.4, 0.5) is 4.39 Å². The summed E-state index contributed by atoms with van der Waals surface area (Å²) in [5, 5.41) is 0. The summed E-state index contributed by atoms with van der Waals surface area (Å²) in [6.45, 7) is 16.4. The largest absolute Gasteiger partial charge is 0.356 e. The van der Waals surface area contributed by atoms with Crippen molar-refractivity contribution in [3.8, 4) is 0 Å². The molecule has 3 heteroatoms. The fraction of sp³-hybridized carbons (Fsp3) is 0.375. The number of nitrogens with zero attached hydrogens (tertiary/aromatic N) is 1. The molecule has 1 aromatic carbocycles. The van der Waals surface area contributed by atoms with Crippen molar-refractivity contribution in [3.63, 3.8) is 0 Å². The highest BCUT2D eigenvalue weighted by Gasteiger charge is 2.24. The molecule has 0 saturated carbocycles. The van der Waals surface area contributed by atoms with Crippen LogP contribution >= 0.6 is 0 Å². The van der Waals surface area contributed by atoms with Crippen LogP contribution in [-0.2, 0) is 5.41 Å². The maximum atomic E-state index is 14.5. The van der Waals surface area contributed by atoms with E-state index in [4.69, 9.17) is 4.99 Å². The van der Waals surface area contributed by atoms with Crippen LogP contribution in [0.1, 0.15) is 69.6 Å². The number of nitrogens with one attached hydrogen (secondary N) is 1. The summed E-state index contributed by atoms with van der Waals surface area (Å²) < 4.78 is 14.5. The number of aliphatic imine (C=N–C) groups is 1. The average Bonchev–Trinajstić information content (AvgIpc) is 3.00. The Morgan fingerprint density at radius 3 is 1.93 bits per heavy atom. The number of H-pyrrole nitrogens is 1. The number of allylic oxidation sites excluding steroid dienone is 2. The predicted molar refractivity (Wildman–Crippen MR) is 113 cm³/mol. The van der Waals surface area contributed by atoms with Gasteiger partial charge in [-0.25, -0.2) is 4.39 Å². The van der Waals surface area contributed by atoms with E-state index in [9.17, 15) is 4.39 Å². The van der Waals surface area contributed by atoms with E-state index >= 15 is 0 Å². The molecule has 0 amide bonds.